The lowest BCUT2D eigenvalue weighted by molar-refractivity contribution is -0.126. The van der Waals surface area contributed by atoms with Crippen molar-refractivity contribution >= 4 is 17.7 Å². The van der Waals surface area contributed by atoms with E-state index in [4.69, 9.17) is 0 Å². The smallest absolute Gasteiger partial charge is 0.227 e. The van der Waals surface area contributed by atoms with Crippen molar-refractivity contribution in [3.05, 3.63) is 0 Å². The Hall–Kier alpha value is -0.220. The summed E-state index contributed by atoms with van der Waals surface area (Å²) in [6, 6.07) is 0.630. The van der Waals surface area contributed by atoms with Gasteiger partial charge >= 0.3 is 0 Å². The van der Waals surface area contributed by atoms with Crippen LogP contribution in [-0.4, -0.2) is 36.5 Å². The maximum absolute atomic E-state index is 11.5. The average molecular weight is 214 g/mol. The molecule has 1 amide bonds. The van der Waals surface area contributed by atoms with E-state index in [9.17, 15) is 4.79 Å². The predicted octanol–water partition coefficient (Wildman–Crippen LogP) is 0.608. The van der Waals surface area contributed by atoms with Crippen molar-refractivity contribution in [2.24, 2.45) is 5.41 Å². The highest BCUT2D eigenvalue weighted by Gasteiger charge is 2.37. The summed E-state index contributed by atoms with van der Waals surface area (Å²) in [4.78, 5) is 11.5. The Bertz CT molecular complexity index is 228. The lowest BCUT2D eigenvalue weighted by Crippen LogP contribution is -2.42. The summed E-state index contributed by atoms with van der Waals surface area (Å²) in [5.41, 5.74) is -0.159. The van der Waals surface area contributed by atoms with E-state index in [2.05, 4.69) is 17.6 Å². The summed E-state index contributed by atoms with van der Waals surface area (Å²) in [6.45, 7) is 3.74. The van der Waals surface area contributed by atoms with Crippen LogP contribution < -0.4 is 10.6 Å². The lowest BCUT2D eigenvalue weighted by atomic mass is 9.88. The SMILES string of the molecule is CC1(CNC2CCSC2)CCNC1=O. The van der Waals surface area contributed by atoms with Crippen LogP contribution >= 0.6 is 11.8 Å². The molecule has 2 aliphatic rings. The molecule has 2 atom stereocenters. The number of amides is 1. The van der Waals surface area contributed by atoms with E-state index in [0.717, 1.165) is 19.5 Å². The van der Waals surface area contributed by atoms with Crippen molar-refractivity contribution in [2.45, 2.75) is 25.8 Å². The quantitative estimate of drug-likeness (QED) is 0.723. The van der Waals surface area contributed by atoms with E-state index in [1.54, 1.807) is 0 Å². The number of thioether (sulfide) groups is 1. The molecule has 0 aliphatic carbocycles. The second-order valence-corrected chi connectivity index (χ2v) is 5.66. The van der Waals surface area contributed by atoms with Crippen molar-refractivity contribution in [3.63, 3.8) is 0 Å². The molecular weight excluding hydrogens is 196 g/mol. The Kier molecular flexibility index (Phi) is 3.02. The zero-order chi connectivity index (χ0) is 10.0. The summed E-state index contributed by atoms with van der Waals surface area (Å²) >= 11 is 2.00. The Balaban J connectivity index is 1.81. The monoisotopic (exact) mass is 214 g/mol. The minimum atomic E-state index is -0.159. The van der Waals surface area contributed by atoms with Crippen molar-refractivity contribution < 1.29 is 4.79 Å². The fourth-order valence-corrected chi connectivity index (χ4v) is 3.20. The molecule has 80 valence electrons. The normalized spacial score (nSPS) is 37.5. The number of rotatable bonds is 3. The van der Waals surface area contributed by atoms with Crippen LogP contribution in [0.3, 0.4) is 0 Å². The van der Waals surface area contributed by atoms with E-state index >= 15 is 0 Å². The number of nitrogens with one attached hydrogen (secondary N) is 2. The molecule has 3 nitrogen and oxygen atoms in total. The second-order valence-electron chi connectivity index (χ2n) is 4.51. The van der Waals surface area contributed by atoms with Crippen LogP contribution in [0.2, 0.25) is 0 Å². The van der Waals surface area contributed by atoms with Gasteiger partial charge in [0.1, 0.15) is 0 Å². The van der Waals surface area contributed by atoms with Crippen LogP contribution in [0.4, 0.5) is 0 Å². The van der Waals surface area contributed by atoms with E-state index in [1.165, 1.54) is 17.9 Å². The third-order valence-corrected chi connectivity index (χ3v) is 4.38. The van der Waals surface area contributed by atoms with E-state index < -0.39 is 0 Å². The molecule has 2 N–H and O–H groups in total. The van der Waals surface area contributed by atoms with Gasteiger partial charge in [-0.05, 0) is 25.5 Å². The van der Waals surface area contributed by atoms with E-state index in [1.807, 2.05) is 11.8 Å². The van der Waals surface area contributed by atoms with Gasteiger partial charge in [0.25, 0.3) is 0 Å². The predicted molar refractivity (Wildman–Crippen MR) is 59.5 cm³/mol. The molecule has 0 saturated carbocycles. The molecule has 0 aromatic rings. The fraction of sp³-hybridized carbons (Fsp3) is 0.900. The number of hydrogen-bond donors (Lipinski definition) is 2. The highest BCUT2D eigenvalue weighted by Crippen LogP contribution is 2.26. The molecule has 2 rings (SSSR count). The molecule has 0 spiro atoms. The van der Waals surface area contributed by atoms with Gasteiger partial charge in [-0.15, -0.1) is 0 Å². The molecule has 2 fully saturated rings. The molecule has 2 heterocycles. The maximum atomic E-state index is 11.5. The molecule has 2 saturated heterocycles. The Morgan fingerprint density at radius 3 is 3.14 bits per heavy atom. The first-order valence-corrected chi connectivity index (χ1v) is 6.46. The summed E-state index contributed by atoms with van der Waals surface area (Å²) in [7, 11) is 0. The zero-order valence-corrected chi connectivity index (χ0v) is 9.45. The molecule has 4 heteroatoms. The molecule has 0 bridgehead atoms. The van der Waals surface area contributed by atoms with E-state index in [-0.39, 0.29) is 11.3 Å². The molecule has 14 heavy (non-hydrogen) atoms. The average Bonchev–Trinajstić information content (AvgIpc) is 2.75. The number of carbonyl (C=O) groups excluding carboxylic acids is 1. The minimum absolute atomic E-state index is 0.159. The Morgan fingerprint density at radius 1 is 1.71 bits per heavy atom. The van der Waals surface area contributed by atoms with Crippen LogP contribution in [0.5, 0.6) is 0 Å². The number of carbonyl (C=O) groups is 1. The van der Waals surface area contributed by atoms with Crippen LogP contribution in [0.1, 0.15) is 19.8 Å². The first-order chi connectivity index (χ1) is 6.71. The van der Waals surface area contributed by atoms with Gasteiger partial charge in [0, 0.05) is 24.9 Å². The third-order valence-electron chi connectivity index (χ3n) is 3.22. The summed E-state index contributed by atoms with van der Waals surface area (Å²) < 4.78 is 0. The van der Waals surface area contributed by atoms with Gasteiger partial charge in [-0.1, -0.05) is 0 Å². The first-order valence-electron chi connectivity index (χ1n) is 5.30. The van der Waals surface area contributed by atoms with Gasteiger partial charge in [0.15, 0.2) is 0 Å². The van der Waals surface area contributed by atoms with Gasteiger partial charge in [0.2, 0.25) is 5.91 Å². The topological polar surface area (TPSA) is 41.1 Å². The number of hydrogen-bond acceptors (Lipinski definition) is 3. The fourth-order valence-electron chi connectivity index (χ4n) is 2.01. The minimum Gasteiger partial charge on any atom is -0.356 e. The molecular formula is C10H18N2OS. The zero-order valence-electron chi connectivity index (χ0n) is 8.64. The van der Waals surface area contributed by atoms with Gasteiger partial charge in [-0.3, -0.25) is 4.79 Å². The van der Waals surface area contributed by atoms with Gasteiger partial charge in [-0.25, -0.2) is 0 Å². The third kappa shape index (κ3) is 2.06. The first kappa shape index (κ1) is 10.3. The summed E-state index contributed by atoms with van der Waals surface area (Å²) in [5, 5.41) is 6.41. The maximum Gasteiger partial charge on any atom is 0.227 e. The highest BCUT2D eigenvalue weighted by atomic mass is 32.2. The molecule has 2 aliphatic heterocycles. The Morgan fingerprint density at radius 2 is 2.57 bits per heavy atom. The van der Waals surface area contributed by atoms with Crippen LogP contribution in [0.15, 0.2) is 0 Å². The van der Waals surface area contributed by atoms with E-state index in [0.29, 0.717) is 6.04 Å². The van der Waals surface area contributed by atoms with Crippen LogP contribution in [-0.2, 0) is 4.79 Å². The van der Waals surface area contributed by atoms with Crippen molar-refractivity contribution in [1.82, 2.24) is 10.6 Å². The molecule has 2 unspecified atom stereocenters. The standard InChI is InChI=1S/C10H18N2OS/c1-10(3-4-11-9(10)13)7-12-8-2-5-14-6-8/h8,12H,2-7H2,1H3,(H,11,13). The summed E-state index contributed by atoms with van der Waals surface area (Å²) in [5.74, 6) is 2.69. The summed E-state index contributed by atoms with van der Waals surface area (Å²) in [6.07, 6.45) is 2.22. The van der Waals surface area contributed by atoms with Crippen LogP contribution in [0, 0.1) is 5.41 Å². The molecule has 0 aromatic carbocycles. The highest BCUT2D eigenvalue weighted by molar-refractivity contribution is 7.99. The lowest BCUT2D eigenvalue weighted by Gasteiger charge is -2.23. The largest absolute Gasteiger partial charge is 0.356 e. The second kappa shape index (κ2) is 4.11. The van der Waals surface area contributed by atoms with Gasteiger partial charge < -0.3 is 10.6 Å². The van der Waals surface area contributed by atoms with Crippen LogP contribution in [0.25, 0.3) is 0 Å². The molecule has 0 aromatic heterocycles. The molecule has 0 radical (unpaired) electrons. The van der Waals surface area contributed by atoms with Crippen molar-refractivity contribution in [3.8, 4) is 0 Å². The van der Waals surface area contributed by atoms with Crippen molar-refractivity contribution in [1.29, 1.82) is 0 Å². The van der Waals surface area contributed by atoms with Gasteiger partial charge in [0.05, 0.1) is 5.41 Å². The Labute approximate surface area is 89.4 Å². The van der Waals surface area contributed by atoms with Gasteiger partial charge in [-0.2, -0.15) is 11.8 Å². The van der Waals surface area contributed by atoms with Crippen molar-refractivity contribution in [2.75, 3.05) is 24.6 Å².